The number of benzene rings is 2. The van der Waals surface area contributed by atoms with Gasteiger partial charge in [0, 0.05) is 0 Å². The van der Waals surface area contributed by atoms with Gasteiger partial charge in [-0.25, -0.2) is 0 Å². The summed E-state index contributed by atoms with van der Waals surface area (Å²) in [4.78, 5) is 24.0. The van der Waals surface area contributed by atoms with Crippen molar-refractivity contribution < 1.29 is 19.1 Å². The summed E-state index contributed by atoms with van der Waals surface area (Å²) in [5.41, 5.74) is 0.918. The van der Waals surface area contributed by atoms with Crippen LogP contribution in [-0.4, -0.2) is 18.4 Å². The van der Waals surface area contributed by atoms with E-state index < -0.39 is 11.9 Å². The molecule has 2 aromatic rings. The highest BCUT2D eigenvalue weighted by atomic mass is 16.5. The Labute approximate surface area is 155 Å². The fourth-order valence-electron chi connectivity index (χ4n) is 2.65. The van der Waals surface area contributed by atoms with Crippen molar-refractivity contribution in [1.29, 1.82) is 0 Å². The maximum atomic E-state index is 12.2. The Morgan fingerprint density at radius 3 is 2.19 bits per heavy atom. The first-order valence-electron chi connectivity index (χ1n) is 9.05. The third kappa shape index (κ3) is 7.09. The Bertz CT molecular complexity index is 667. The smallest absolute Gasteiger partial charge is 0.316 e. The van der Waals surface area contributed by atoms with Crippen LogP contribution in [0.4, 0.5) is 0 Å². The molecule has 0 aliphatic rings. The standard InChI is InChI=1S/C22H26O4/c1-18(23)21(22(24)26-17-19-11-5-2-6-12-19)15-9-4-10-16-25-20-13-7-3-8-14-20/h2-3,5-8,11-14,21H,4,9-10,15-17H2,1H3. The van der Waals surface area contributed by atoms with Crippen molar-refractivity contribution in [1.82, 2.24) is 0 Å². The average molecular weight is 354 g/mol. The summed E-state index contributed by atoms with van der Waals surface area (Å²) >= 11 is 0. The lowest BCUT2D eigenvalue weighted by molar-refractivity contribution is -0.153. The zero-order valence-electron chi connectivity index (χ0n) is 15.2. The molecule has 0 aliphatic carbocycles. The molecule has 0 spiro atoms. The Morgan fingerprint density at radius 2 is 1.54 bits per heavy atom. The van der Waals surface area contributed by atoms with E-state index in [-0.39, 0.29) is 12.4 Å². The van der Waals surface area contributed by atoms with Crippen LogP contribution >= 0.6 is 0 Å². The predicted octanol–water partition coefficient (Wildman–Crippen LogP) is 4.57. The summed E-state index contributed by atoms with van der Waals surface area (Å²) < 4.78 is 10.9. The third-order valence-corrected chi connectivity index (χ3v) is 4.15. The number of ether oxygens (including phenoxy) is 2. The van der Waals surface area contributed by atoms with E-state index in [0.717, 1.165) is 30.6 Å². The van der Waals surface area contributed by atoms with Gasteiger partial charge in [-0.15, -0.1) is 0 Å². The van der Waals surface area contributed by atoms with Gasteiger partial charge in [0.15, 0.2) is 0 Å². The number of hydrogen-bond donors (Lipinski definition) is 0. The SMILES string of the molecule is CC(=O)C(CCCCCOc1ccccc1)C(=O)OCc1ccccc1. The van der Waals surface area contributed by atoms with Crippen LogP contribution in [0, 0.1) is 5.92 Å². The van der Waals surface area contributed by atoms with Crippen LogP contribution in [0.2, 0.25) is 0 Å². The van der Waals surface area contributed by atoms with Gasteiger partial charge < -0.3 is 9.47 Å². The zero-order valence-corrected chi connectivity index (χ0v) is 15.2. The number of unbranched alkanes of at least 4 members (excludes halogenated alkanes) is 2. The Morgan fingerprint density at radius 1 is 0.885 bits per heavy atom. The van der Waals surface area contributed by atoms with Crippen molar-refractivity contribution in [2.75, 3.05) is 6.61 Å². The summed E-state index contributed by atoms with van der Waals surface area (Å²) in [6.45, 7) is 2.29. The average Bonchev–Trinajstić information content (AvgIpc) is 2.67. The molecule has 4 nitrogen and oxygen atoms in total. The number of carbonyl (C=O) groups excluding carboxylic acids is 2. The Balaban J connectivity index is 1.65. The summed E-state index contributed by atoms with van der Waals surface area (Å²) in [5, 5.41) is 0. The van der Waals surface area contributed by atoms with Crippen LogP contribution in [-0.2, 0) is 20.9 Å². The van der Waals surface area contributed by atoms with Crippen molar-refractivity contribution in [3.8, 4) is 5.75 Å². The topological polar surface area (TPSA) is 52.6 Å². The van der Waals surface area contributed by atoms with E-state index in [0.29, 0.717) is 13.0 Å². The molecule has 1 atom stereocenters. The van der Waals surface area contributed by atoms with Gasteiger partial charge >= 0.3 is 5.97 Å². The van der Waals surface area contributed by atoms with E-state index >= 15 is 0 Å². The number of esters is 1. The van der Waals surface area contributed by atoms with Crippen molar-refractivity contribution in [2.24, 2.45) is 5.92 Å². The van der Waals surface area contributed by atoms with Crippen LogP contribution in [0.3, 0.4) is 0 Å². The number of carbonyl (C=O) groups is 2. The molecular formula is C22H26O4. The molecule has 0 heterocycles. The minimum Gasteiger partial charge on any atom is -0.494 e. The first kappa shape index (κ1) is 19.7. The van der Waals surface area contributed by atoms with Gasteiger partial charge in [-0.1, -0.05) is 61.4 Å². The van der Waals surface area contributed by atoms with E-state index in [4.69, 9.17) is 9.47 Å². The molecule has 0 amide bonds. The second-order valence-electron chi connectivity index (χ2n) is 6.27. The molecule has 0 aliphatic heterocycles. The van der Waals surface area contributed by atoms with Crippen molar-refractivity contribution in [3.63, 3.8) is 0 Å². The number of ketones is 1. The summed E-state index contributed by atoms with van der Waals surface area (Å²) in [7, 11) is 0. The van der Waals surface area contributed by atoms with Crippen molar-refractivity contribution >= 4 is 11.8 Å². The molecule has 0 bridgehead atoms. The van der Waals surface area contributed by atoms with Gasteiger partial charge in [-0.2, -0.15) is 0 Å². The molecule has 4 heteroatoms. The van der Waals surface area contributed by atoms with Crippen LogP contribution in [0.15, 0.2) is 60.7 Å². The molecular weight excluding hydrogens is 328 g/mol. The normalized spacial score (nSPS) is 11.6. The summed E-state index contributed by atoms with van der Waals surface area (Å²) in [6, 6.07) is 19.2. The number of Topliss-reactive ketones (excluding diaryl/α,β-unsaturated/α-hetero) is 1. The van der Waals surface area contributed by atoms with E-state index in [1.807, 2.05) is 60.7 Å². The molecule has 2 rings (SSSR count). The van der Waals surface area contributed by atoms with Gasteiger partial charge in [0.1, 0.15) is 24.1 Å². The van der Waals surface area contributed by atoms with E-state index in [1.165, 1.54) is 6.92 Å². The van der Waals surface area contributed by atoms with Crippen LogP contribution < -0.4 is 4.74 Å². The summed E-state index contributed by atoms with van der Waals surface area (Å²) in [6.07, 6.45) is 3.11. The fraction of sp³-hybridized carbons (Fsp3) is 0.364. The molecule has 0 aromatic heterocycles. The highest BCUT2D eigenvalue weighted by Crippen LogP contribution is 2.15. The first-order valence-corrected chi connectivity index (χ1v) is 9.05. The maximum Gasteiger partial charge on any atom is 0.316 e. The van der Waals surface area contributed by atoms with E-state index in [2.05, 4.69) is 0 Å². The fourth-order valence-corrected chi connectivity index (χ4v) is 2.65. The van der Waals surface area contributed by atoms with Gasteiger partial charge in [0.25, 0.3) is 0 Å². The third-order valence-electron chi connectivity index (χ3n) is 4.15. The second-order valence-corrected chi connectivity index (χ2v) is 6.27. The molecule has 1 unspecified atom stereocenters. The minimum absolute atomic E-state index is 0.136. The monoisotopic (exact) mass is 354 g/mol. The van der Waals surface area contributed by atoms with Gasteiger partial charge in [-0.05, 0) is 37.5 Å². The van der Waals surface area contributed by atoms with Gasteiger partial charge in [0.05, 0.1) is 6.61 Å². The van der Waals surface area contributed by atoms with Crippen LogP contribution in [0.5, 0.6) is 5.75 Å². The highest BCUT2D eigenvalue weighted by molar-refractivity contribution is 5.97. The molecule has 138 valence electrons. The molecule has 26 heavy (non-hydrogen) atoms. The largest absolute Gasteiger partial charge is 0.494 e. The second kappa shape index (κ2) is 11.1. The first-order chi connectivity index (χ1) is 12.7. The molecule has 0 radical (unpaired) electrons. The molecule has 0 fully saturated rings. The zero-order chi connectivity index (χ0) is 18.6. The van der Waals surface area contributed by atoms with Gasteiger partial charge in [0.2, 0.25) is 0 Å². The lowest BCUT2D eigenvalue weighted by atomic mass is 9.97. The Kier molecular flexibility index (Phi) is 8.40. The highest BCUT2D eigenvalue weighted by Gasteiger charge is 2.24. The quantitative estimate of drug-likeness (QED) is 0.337. The molecule has 2 aromatic carbocycles. The van der Waals surface area contributed by atoms with E-state index in [1.54, 1.807) is 0 Å². The van der Waals surface area contributed by atoms with Crippen molar-refractivity contribution in [2.45, 2.75) is 39.2 Å². The number of rotatable bonds is 11. The number of para-hydroxylation sites is 1. The molecule has 0 saturated heterocycles. The van der Waals surface area contributed by atoms with Gasteiger partial charge in [-0.3, -0.25) is 9.59 Å². The molecule has 0 N–H and O–H groups in total. The van der Waals surface area contributed by atoms with E-state index in [9.17, 15) is 9.59 Å². The predicted molar refractivity (Wildman–Crippen MR) is 101 cm³/mol. The van der Waals surface area contributed by atoms with Crippen molar-refractivity contribution in [3.05, 3.63) is 66.2 Å². The Hall–Kier alpha value is -2.62. The maximum absolute atomic E-state index is 12.2. The summed E-state index contributed by atoms with van der Waals surface area (Å²) in [5.74, 6) is -0.377. The lowest BCUT2D eigenvalue weighted by Crippen LogP contribution is -2.24. The lowest BCUT2D eigenvalue weighted by Gasteiger charge is -2.13. The van der Waals surface area contributed by atoms with Crippen LogP contribution in [0.1, 0.15) is 38.2 Å². The molecule has 0 saturated carbocycles. The van der Waals surface area contributed by atoms with Crippen LogP contribution in [0.25, 0.3) is 0 Å². The minimum atomic E-state index is -0.672. The number of hydrogen-bond acceptors (Lipinski definition) is 4.